The monoisotopic (exact) mass is 440 g/mol. The molecule has 2 unspecified atom stereocenters. The van der Waals surface area contributed by atoms with Crippen molar-refractivity contribution in [1.82, 2.24) is 15.0 Å². The molecule has 1 aliphatic rings. The summed E-state index contributed by atoms with van der Waals surface area (Å²) in [7, 11) is -3.33. The molecular weight excluding hydrogens is 424 g/mol. The Balaban J connectivity index is 1.56. The normalized spacial score (nSPS) is 18.5. The van der Waals surface area contributed by atoms with Crippen molar-refractivity contribution >= 4 is 43.0 Å². The van der Waals surface area contributed by atoms with Crippen LogP contribution >= 0.6 is 11.3 Å². The van der Waals surface area contributed by atoms with E-state index < -0.39 is 16.1 Å². The Bertz CT molecular complexity index is 1370. The highest BCUT2D eigenvalue weighted by Gasteiger charge is 2.38. The average molecular weight is 441 g/mol. The number of aliphatic hydroxyl groups excluding tert-OH is 1. The first-order valence-electron chi connectivity index (χ1n) is 9.01. The van der Waals surface area contributed by atoms with Crippen LogP contribution in [0, 0.1) is 0 Å². The minimum atomic E-state index is -3.33. The lowest BCUT2D eigenvalue weighted by Crippen LogP contribution is -2.01. The lowest BCUT2D eigenvalue weighted by molar-refractivity contribution is 0.156. The van der Waals surface area contributed by atoms with Gasteiger partial charge in [0.1, 0.15) is 16.5 Å². The Hall–Kier alpha value is -2.92. The molecular formula is C20H16N4O4S2. The minimum absolute atomic E-state index is 0.215. The number of anilines is 2. The van der Waals surface area contributed by atoms with Crippen LogP contribution in [0.4, 0.5) is 11.5 Å². The molecule has 8 nitrogen and oxygen atoms in total. The molecule has 10 heteroatoms. The Morgan fingerprint density at radius 1 is 1.13 bits per heavy atom. The molecule has 0 spiro atoms. The number of epoxide rings is 1. The van der Waals surface area contributed by atoms with Crippen molar-refractivity contribution in [3.8, 4) is 11.4 Å². The van der Waals surface area contributed by atoms with Crippen LogP contribution in [0.1, 0.15) is 11.7 Å². The zero-order valence-electron chi connectivity index (χ0n) is 15.7. The van der Waals surface area contributed by atoms with Crippen molar-refractivity contribution in [3.63, 3.8) is 0 Å². The van der Waals surface area contributed by atoms with E-state index >= 15 is 0 Å². The zero-order valence-corrected chi connectivity index (χ0v) is 17.3. The quantitative estimate of drug-likeness (QED) is 0.454. The van der Waals surface area contributed by atoms with Crippen LogP contribution in [0.25, 0.3) is 21.7 Å². The number of nitrogens with zero attached hydrogens (tertiary/aromatic N) is 3. The smallest absolute Gasteiger partial charge is 0.186 e. The van der Waals surface area contributed by atoms with E-state index in [1.54, 1.807) is 29.8 Å². The minimum Gasteiger partial charge on any atom is -0.366 e. The van der Waals surface area contributed by atoms with Gasteiger partial charge < -0.3 is 15.2 Å². The highest BCUT2D eigenvalue weighted by atomic mass is 32.2. The van der Waals surface area contributed by atoms with Crippen molar-refractivity contribution in [3.05, 3.63) is 59.6 Å². The summed E-state index contributed by atoms with van der Waals surface area (Å²) in [6.45, 7) is 0. The lowest BCUT2D eigenvalue weighted by atomic mass is 10.1. The number of aliphatic hydroxyl groups is 1. The third kappa shape index (κ3) is 3.65. The number of hydrogen-bond acceptors (Lipinski definition) is 9. The predicted molar refractivity (Wildman–Crippen MR) is 113 cm³/mol. The molecule has 0 bridgehead atoms. The average Bonchev–Trinajstić information content (AvgIpc) is 3.26. The van der Waals surface area contributed by atoms with E-state index in [0.717, 1.165) is 11.1 Å². The van der Waals surface area contributed by atoms with Crippen LogP contribution in [0.5, 0.6) is 0 Å². The van der Waals surface area contributed by atoms with Gasteiger partial charge in [-0.05, 0) is 29.8 Å². The third-order valence-corrected chi connectivity index (χ3v) is 6.49. The van der Waals surface area contributed by atoms with Gasteiger partial charge >= 0.3 is 0 Å². The second kappa shape index (κ2) is 7.10. The fourth-order valence-electron chi connectivity index (χ4n) is 3.12. The number of hydrogen-bond donors (Lipinski definition) is 2. The molecule has 1 fully saturated rings. The highest BCUT2D eigenvalue weighted by molar-refractivity contribution is 7.90. The van der Waals surface area contributed by atoms with Gasteiger partial charge in [-0.1, -0.05) is 24.3 Å². The molecule has 2 atom stereocenters. The van der Waals surface area contributed by atoms with E-state index in [9.17, 15) is 13.5 Å². The molecule has 0 saturated carbocycles. The fourth-order valence-corrected chi connectivity index (χ4v) is 4.45. The summed E-state index contributed by atoms with van der Waals surface area (Å²) in [6, 6.07) is 14.1. The molecule has 2 aromatic carbocycles. The molecule has 3 heterocycles. The molecule has 1 aliphatic heterocycles. The van der Waals surface area contributed by atoms with Crippen LogP contribution in [0.2, 0.25) is 0 Å². The summed E-state index contributed by atoms with van der Waals surface area (Å²) in [5.74, 6) is 0.973. The Labute approximate surface area is 176 Å². The molecule has 30 heavy (non-hydrogen) atoms. The fraction of sp³-hybridized carbons (Fsp3) is 0.150. The number of thiazole rings is 1. The van der Waals surface area contributed by atoms with Gasteiger partial charge in [-0.25, -0.2) is 23.4 Å². The van der Waals surface area contributed by atoms with Crippen LogP contribution < -0.4 is 5.32 Å². The first-order chi connectivity index (χ1) is 14.4. The summed E-state index contributed by atoms with van der Waals surface area (Å²) in [4.78, 5) is 14.5. The summed E-state index contributed by atoms with van der Waals surface area (Å²) in [5, 5.41) is 12.7. The maximum atomic E-state index is 11.9. The van der Waals surface area contributed by atoms with E-state index in [1.807, 2.05) is 24.3 Å². The Morgan fingerprint density at radius 2 is 1.93 bits per heavy atom. The molecule has 2 aromatic heterocycles. The van der Waals surface area contributed by atoms with Crippen molar-refractivity contribution in [1.29, 1.82) is 0 Å². The summed E-state index contributed by atoms with van der Waals surface area (Å²) in [5.41, 5.74) is 4.50. The second-order valence-electron chi connectivity index (χ2n) is 6.90. The van der Waals surface area contributed by atoms with Gasteiger partial charge in [-0.2, -0.15) is 0 Å². The largest absolute Gasteiger partial charge is 0.366 e. The topological polar surface area (TPSA) is 118 Å². The van der Waals surface area contributed by atoms with Gasteiger partial charge in [0.25, 0.3) is 0 Å². The van der Waals surface area contributed by atoms with Crippen LogP contribution in [0.15, 0.2) is 58.9 Å². The first kappa shape index (κ1) is 19.1. The number of ether oxygens (including phenoxy) is 1. The van der Waals surface area contributed by atoms with Gasteiger partial charge in [0.2, 0.25) is 0 Å². The van der Waals surface area contributed by atoms with E-state index in [0.29, 0.717) is 27.7 Å². The number of rotatable bonds is 5. The second-order valence-corrected chi connectivity index (χ2v) is 9.75. The van der Waals surface area contributed by atoms with Gasteiger partial charge in [0.05, 0.1) is 10.4 Å². The van der Waals surface area contributed by atoms with E-state index in [2.05, 4.69) is 20.3 Å². The molecule has 0 amide bonds. The molecule has 1 saturated heterocycles. The molecule has 4 aromatic rings. The molecule has 152 valence electrons. The molecule has 0 radical (unpaired) electrons. The summed E-state index contributed by atoms with van der Waals surface area (Å²) in [6.07, 6.45) is 0.0685. The summed E-state index contributed by atoms with van der Waals surface area (Å²) < 4.78 is 28.9. The van der Waals surface area contributed by atoms with E-state index in [1.165, 1.54) is 17.6 Å². The van der Waals surface area contributed by atoms with Crippen molar-refractivity contribution in [2.75, 3.05) is 11.6 Å². The first-order valence-corrected chi connectivity index (χ1v) is 11.8. The standard InChI is InChI=1S/C20H16N4O4S2/c1-30(26,27)14-7-3-6-13(9-14)22-18-15-19(29-10-21-15)24-17(23-18)12-5-2-4-11(8-12)16-20(25)28-16/h2-10,16,20,25H,1H3,(H,22,23,24). The number of fused-ring (bicyclic) bond motifs is 1. The number of nitrogens with one attached hydrogen (secondary N) is 1. The third-order valence-electron chi connectivity index (χ3n) is 4.66. The summed E-state index contributed by atoms with van der Waals surface area (Å²) >= 11 is 1.39. The van der Waals surface area contributed by atoms with Gasteiger partial charge in [0.15, 0.2) is 27.8 Å². The number of sulfone groups is 1. The lowest BCUT2D eigenvalue weighted by Gasteiger charge is -2.10. The van der Waals surface area contributed by atoms with Crippen molar-refractivity contribution < 1.29 is 18.3 Å². The van der Waals surface area contributed by atoms with Crippen LogP contribution in [0.3, 0.4) is 0 Å². The van der Waals surface area contributed by atoms with Crippen LogP contribution in [-0.2, 0) is 14.6 Å². The zero-order chi connectivity index (χ0) is 20.9. The molecule has 2 N–H and O–H groups in total. The number of benzene rings is 2. The van der Waals surface area contributed by atoms with Crippen molar-refractivity contribution in [2.24, 2.45) is 0 Å². The molecule has 0 aliphatic carbocycles. The van der Waals surface area contributed by atoms with Crippen molar-refractivity contribution in [2.45, 2.75) is 17.3 Å². The van der Waals surface area contributed by atoms with Gasteiger partial charge in [-0.15, -0.1) is 11.3 Å². The Morgan fingerprint density at radius 3 is 2.70 bits per heavy atom. The van der Waals surface area contributed by atoms with E-state index in [-0.39, 0.29) is 11.0 Å². The maximum absolute atomic E-state index is 11.9. The highest BCUT2D eigenvalue weighted by Crippen LogP contribution is 2.38. The SMILES string of the molecule is CS(=O)(=O)c1cccc(Nc2nc(-c3cccc(C4OC4O)c3)nc3scnc23)c1. The maximum Gasteiger partial charge on any atom is 0.186 e. The van der Waals surface area contributed by atoms with Gasteiger partial charge in [-0.3, -0.25) is 0 Å². The Kier molecular flexibility index (Phi) is 4.51. The molecule has 5 rings (SSSR count). The van der Waals surface area contributed by atoms with Crippen LogP contribution in [-0.4, -0.2) is 41.0 Å². The predicted octanol–water partition coefficient (Wildman–Crippen LogP) is 3.29. The van der Waals surface area contributed by atoms with Gasteiger partial charge in [0, 0.05) is 17.5 Å². The number of aromatic nitrogens is 3. The van der Waals surface area contributed by atoms with E-state index in [4.69, 9.17) is 4.74 Å².